The van der Waals surface area contributed by atoms with E-state index in [0.717, 1.165) is 12.8 Å². The molecular formula is C12H17FN2O4. The third kappa shape index (κ3) is 2.54. The molecule has 0 aromatic rings. The molecule has 0 bridgehead atoms. The molecule has 19 heavy (non-hydrogen) atoms. The van der Waals surface area contributed by atoms with Gasteiger partial charge in [0.25, 0.3) is 6.30 Å². The number of amides is 2. The second kappa shape index (κ2) is 5.54. The van der Waals surface area contributed by atoms with Gasteiger partial charge >= 0.3 is 5.97 Å². The van der Waals surface area contributed by atoms with E-state index >= 15 is 0 Å². The molecule has 0 N–H and O–H groups in total. The van der Waals surface area contributed by atoms with Crippen LogP contribution in [0.15, 0.2) is 0 Å². The standard InChI is InChI=1S/C12H17FN2O4/c1-2-19-12(18)10(13)15-7-9(16)14-6-4-3-5-8(14)11(15)17/h8,10H,2-7H2,1H3. The maximum atomic E-state index is 13.9. The van der Waals surface area contributed by atoms with E-state index in [1.807, 2.05) is 0 Å². The van der Waals surface area contributed by atoms with Gasteiger partial charge in [0.1, 0.15) is 12.6 Å². The number of halogens is 1. The lowest BCUT2D eigenvalue weighted by Crippen LogP contribution is -2.63. The Hall–Kier alpha value is -1.66. The molecule has 0 aromatic heterocycles. The molecule has 2 fully saturated rings. The number of ether oxygens (including phenoxy) is 1. The Morgan fingerprint density at radius 1 is 1.47 bits per heavy atom. The van der Waals surface area contributed by atoms with Crippen LogP contribution in [0.25, 0.3) is 0 Å². The molecule has 106 valence electrons. The number of alkyl halides is 1. The number of fused-ring (bicyclic) bond motifs is 1. The molecular weight excluding hydrogens is 255 g/mol. The smallest absolute Gasteiger partial charge is 0.362 e. The van der Waals surface area contributed by atoms with Crippen molar-refractivity contribution < 1.29 is 23.5 Å². The van der Waals surface area contributed by atoms with Crippen LogP contribution in [0, 0.1) is 0 Å². The molecule has 2 heterocycles. The average Bonchev–Trinajstić information content (AvgIpc) is 2.42. The van der Waals surface area contributed by atoms with Crippen LogP contribution < -0.4 is 0 Å². The lowest BCUT2D eigenvalue weighted by Gasteiger charge is -2.43. The molecule has 7 heteroatoms. The zero-order valence-corrected chi connectivity index (χ0v) is 10.8. The number of hydrogen-bond acceptors (Lipinski definition) is 4. The van der Waals surface area contributed by atoms with Crippen molar-refractivity contribution >= 4 is 17.8 Å². The molecule has 0 saturated carbocycles. The fourth-order valence-electron chi connectivity index (χ4n) is 2.52. The van der Waals surface area contributed by atoms with Gasteiger partial charge in [0, 0.05) is 6.54 Å². The normalized spacial score (nSPS) is 25.1. The van der Waals surface area contributed by atoms with E-state index in [4.69, 9.17) is 0 Å². The summed E-state index contributed by atoms with van der Waals surface area (Å²) in [7, 11) is 0. The molecule has 0 aromatic carbocycles. The first kappa shape index (κ1) is 13.8. The van der Waals surface area contributed by atoms with E-state index in [1.165, 1.54) is 4.90 Å². The highest BCUT2D eigenvalue weighted by atomic mass is 19.1. The quantitative estimate of drug-likeness (QED) is 0.538. The predicted molar refractivity (Wildman–Crippen MR) is 62.6 cm³/mol. The molecule has 0 aliphatic carbocycles. The number of nitrogens with zero attached hydrogens (tertiary/aromatic N) is 2. The van der Waals surface area contributed by atoms with Crippen LogP contribution in [0.4, 0.5) is 4.39 Å². The number of carbonyl (C=O) groups excluding carboxylic acids is 3. The van der Waals surface area contributed by atoms with Gasteiger partial charge in [0.2, 0.25) is 11.8 Å². The summed E-state index contributed by atoms with van der Waals surface area (Å²) in [6, 6.07) is -0.623. The maximum absolute atomic E-state index is 13.9. The first-order valence-electron chi connectivity index (χ1n) is 6.47. The third-order valence-electron chi connectivity index (χ3n) is 3.45. The van der Waals surface area contributed by atoms with Crippen molar-refractivity contribution in [1.29, 1.82) is 0 Å². The fraction of sp³-hybridized carbons (Fsp3) is 0.750. The Kier molecular flexibility index (Phi) is 4.01. The van der Waals surface area contributed by atoms with Crippen molar-refractivity contribution in [3.63, 3.8) is 0 Å². The SMILES string of the molecule is CCOC(=O)C(F)N1CC(=O)N2CCCCC2C1=O. The summed E-state index contributed by atoms with van der Waals surface area (Å²) in [6.45, 7) is 1.72. The summed E-state index contributed by atoms with van der Waals surface area (Å²) in [6.07, 6.45) is 0.00784. The van der Waals surface area contributed by atoms with Crippen LogP contribution in [0.2, 0.25) is 0 Å². The van der Waals surface area contributed by atoms with Crippen molar-refractivity contribution in [2.45, 2.75) is 38.5 Å². The van der Waals surface area contributed by atoms with Crippen molar-refractivity contribution in [2.24, 2.45) is 0 Å². The Labute approximate surface area is 110 Å². The van der Waals surface area contributed by atoms with E-state index < -0.39 is 30.8 Å². The Bertz CT molecular complexity index is 401. The van der Waals surface area contributed by atoms with E-state index in [9.17, 15) is 18.8 Å². The van der Waals surface area contributed by atoms with E-state index in [0.29, 0.717) is 17.9 Å². The minimum absolute atomic E-state index is 0.0325. The first-order valence-corrected chi connectivity index (χ1v) is 6.47. The molecule has 2 aliphatic heterocycles. The summed E-state index contributed by atoms with van der Waals surface area (Å²) in [5.41, 5.74) is 0. The molecule has 2 amide bonds. The Morgan fingerprint density at radius 3 is 2.89 bits per heavy atom. The number of piperazine rings is 1. The monoisotopic (exact) mass is 272 g/mol. The molecule has 0 spiro atoms. The zero-order chi connectivity index (χ0) is 14.0. The van der Waals surface area contributed by atoms with Gasteiger partial charge in [-0.25, -0.2) is 9.18 Å². The summed E-state index contributed by atoms with van der Waals surface area (Å²) in [4.78, 5) is 37.5. The van der Waals surface area contributed by atoms with Crippen LogP contribution in [-0.4, -0.2) is 59.6 Å². The van der Waals surface area contributed by atoms with Gasteiger partial charge < -0.3 is 9.64 Å². The Balaban J connectivity index is 2.12. The van der Waals surface area contributed by atoms with E-state index in [-0.39, 0.29) is 12.5 Å². The number of piperidine rings is 1. The summed E-state index contributed by atoms with van der Waals surface area (Å²) >= 11 is 0. The van der Waals surface area contributed by atoms with Gasteiger partial charge in [-0.2, -0.15) is 0 Å². The molecule has 2 saturated heterocycles. The highest BCUT2D eigenvalue weighted by molar-refractivity contribution is 5.97. The van der Waals surface area contributed by atoms with Gasteiger partial charge in [-0.1, -0.05) is 0 Å². The molecule has 0 radical (unpaired) electrons. The van der Waals surface area contributed by atoms with Crippen molar-refractivity contribution in [1.82, 2.24) is 9.80 Å². The van der Waals surface area contributed by atoms with Crippen LogP contribution in [0.3, 0.4) is 0 Å². The molecule has 6 nitrogen and oxygen atoms in total. The van der Waals surface area contributed by atoms with E-state index in [1.54, 1.807) is 6.92 Å². The maximum Gasteiger partial charge on any atom is 0.362 e. The lowest BCUT2D eigenvalue weighted by molar-refractivity contribution is -0.173. The predicted octanol–water partition coefficient (Wildman–Crippen LogP) is 0.0684. The van der Waals surface area contributed by atoms with Crippen molar-refractivity contribution in [2.75, 3.05) is 19.7 Å². The first-order chi connectivity index (χ1) is 9.06. The van der Waals surface area contributed by atoms with Crippen molar-refractivity contribution in [3.8, 4) is 0 Å². The van der Waals surface area contributed by atoms with Crippen LogP contribution in [0.1, 0.15) is 26.2 Å². The molecule has 2 unspecified atom stereocenters. The summed E-state index contributed by atoms with van der Waals surface area (Å²) < 4.78 is 18.5. The minimum atomic E-state index is -2.19. The number of esters is 1. The molecule has 2 atom stereocenters. The summed E-state index contributed by atoms with van der Waals surface area (Å²) in [5.74, 6) is -1.93. The van der Waals surface area contributed by atoms with Crippen LogP contribution >= 0.6 is 0 Å². The van der Waals surface area contributed by atoms with Gasteiger partial charge in [0.15, 0.2) is 0 Å². The Morgan fingerprint density at radius 2 is 2.21 bits per heavy atom. The average molecular weight is 272 g/mol. The van der Waals surface area contributed by atoms with Crippen LogP contribution in [0.5, 0.6) is 0 Å². The summed E-state index contributed by atoms with van der Waals surface area (Å²) in [5, 5.41) is 0. The van der Waals surface area contributed by atoms with Gasteiger partial charge in [-0.15, -0.1) is 0 Å². The highest BCUT2D eigenvalue weighted by Gasteiger charge is 2.45. The number of carbonyl (C=O) groups is 3. The number of hydrogen-bond donors (Lipinski definition) is 0. The van der Waals surface area contributed by atoms with Crippen LogP contribution in [-0.2, 0) is 19.1 Å². The van der Waals surface area contributed by atoms with E-state index in [2.05, 4.69) is 4.74 Å². The van der Waals surface area contributed by atoms with Crippen molar-refractivity contribution in [3.05, 3.63) is 0 Å². The highest BCUT2D eigenvalue weighted by Crippen LogP contribution is 2.24. The minimum Gasteiger partial charge on any atom is -0.462 e. The fourth-order valence-corrected chi connectivity index (χ4v) is 2.52. The third-order valence-corrected chi connectivity index (χ3v) is 3.45. The van der Waals surface area contributed by atoms with Gasteiger partial charge in [-0.3, -0.25) is 14.5 Å². The molecule has 2 rings (SSSR count). The largest absolute Gasteiger partial charge is 0.462 e. The second-order valence-corrected chi connectivity index (χ2v) is 4.65. The topological polar surface area (TPSA) is 66.9 Å². The zero-order valence-electron chi connectivity index (χ0n) is 10.8. The second-order valence-electron chi connectivity index (χ2n) is 4.65. The lowest BCUT2D eigenvalue weighted by atomic mass is 9.98. The van der Waals surface area contributed by atoms with Gasteiger partial charge in [-0.05, 0) is 26.2 Å². The number of rotatable bonds is 3. The molecule has 2 aliphatic rings. The van der Waals surface area contributed by atoms with Gasteiger partial charge in [0.05, 0.1) is 6.61 Å².